The first-order valence-corrected chi connectivity index (χ1v) is 11.6. The molecular weight excluding hydrogens is 473 g/mol. The van der Waals surface area contributed by atoms with Gasteiger partial charge < -0.3 is 24.8 Å². The molecule has 9 nitrogen and oxygen atoms in total. The lowest BCUT2D eigenvalue weighted by atomic mass is 9.99. The number of phenolic OH excluding ortho intramolecular Hbond substituents is 1. The number of phenols is 1. The molecular formula is C21H21ClFN5O4S. The van der Waals surface area contributed by atoms with Crippen molar-refractivity contribution in [1.82, 2.24) is 14.9 Å². The fourth-order valence-electron chi connectivity index (χ4n) is 3.54. The van der Waals surface area contributed by atoms with Gasteiger partial charge in [0.05, 0.1) is 11.9 Å². The van der Waals surface area contributed by atoms with Crippen LogP contribution in [0.2, 0.25) is 5.02 Å². The molecule has 0 saturated carbocycles. The van der Waals surface area contributed by atoms with Crippen LogP contribution in [-0.2, 0) is 23.5 Å². The Hall–Kier alpha value is -3.15. The summed E-state index contributed by atoms with van der Waals surface area (Å²) in [7, 11) is -3.07. The maximum Gasteiger partial charge on any atom is 0.488 e. The van der Waals surface area contributed by atoms with Crippen molar-refractivity contribution in [3.63, 3.8) is 0 Å². The lowest BCUT2D eigenvalue weighted by Crippen LogP contribution is -2.26. The highest BCUT2D eigenvalue weighted by atomic mass is 35.5. The molecule has 1 aliphatic heterocycles. The molecule has 0 bridgehead atoms. The topological polar surface area (TPSA) is 117 Å². The number of hydrogen-bond donors (Lipinski definition) is 3. The molecule has 4 rings (SSSR count). The number of fused-ring (bicyclic) bond motifs is 1. The molecule has 1 aromatic heterocycles. The Bertz CT molecular complexity index is 1320. The number of nitrogens with zero attached hydrogens (tertiary/aromatic N) is 3. The minimum absolute atomic E-state index is 0.0978. The van der Waals surface area contributed by atoms with E-state index in [1.165, 1.54) is 24.4 Å². The summed E-state index contributed by atoms with van der Waals surface area (Å²) in [6.45, 7) is 3.39. The highest BCUT2D eigenvalue weighted by Crippen LogP contribution is 2.33. The summed E-state index contributed by atoms with van der Waals surface area (Å²) < 4.78 is 38.3. The Balaban J connectivity index is 1.56. The number of aromatic nitrogens is 2. The largest absolute Gasteiger partial charge is 0.506 e. The summed E-state index contributed by atoms with van der Waals surface area (Å²) in [6, 6.07) is 7.80. The summed E-state index contributed by atoms with van der Waals surface area (Å²) in [4.78, 5) is 10.8. The van der Waals surface area contributed by atoms with Crippen molar-refractivity contribution in [2.45, 2.75) is 19.9 Å². The normalized spacial score (nSPS) is 13.9. The second-order valence-corrected chi connectivity index (χ2v) is 9.08. The minimum atomic E-state index is -5.11. The Morgan fingerprint density at radius 3 is 2.70 bits per heavy atom. The Kier molecular flexibility index (Phi) is 6.28. The van der Waals surface area contributed by atoms with Gasteiger partial charge in [-0.15, -0.1) is 0 Å². The summed E-state index contributed by atoms with van der Waals surface area (Å²) in [5, 5.41) is 16.7. The Morgan fingerprint density at radius 2 is 1.97 bits per heavy atom. The van der Waals surface area contributed by atoms with E-state index >= 15 is 0 Å². The molecule has 3 aromatic rings. The van der Waals surface area contributed by atoms with E-state index in [1.807, 2.05) is 13.1 Å². The maximum atomic E-state index is 12.7. The van der Waals surface area contributed by atoms with E-state index < -0.39 is 10.5 Å². The van der Waals surface area contributed by atoms with E-state index in [2.05, 4.69) is 29.7 Å². The molecule has 0 aliphatic carbocycles. The highest BCUT2D eigenvalue weighted by molar-refractivity contribution is 7.81. The van der Waals surface area contributed by atoms with Crippen molar-refractivity contribution in [3.05, 3.63) is 58.2 Å². The van der Waals surface area contributed by atoms with E-state index in [0.717, 1.165) is 30.6 Å². The van der Waals surface area contributed by atoms with Crippen molar-refractivity contribution in [3.8, 4) is 11.5 Å². The molecule has 2 aromatic carbocycles. The maximum absolute atomic E-state index is 12.7. The molecule has 0 spiro atoms. The third-order valence-corrected chi connectivity index (χ3v) is 5.83. The molecule has 1 aliphatic rings. The SMILES string of the molecule is Cc1cc(OS(=O)(=O)F)ccc1Nc1nc(Nc2cc3c(cc2O)CCN(C)C3)ncc1Cl. The van der Waals surface area contributed by atoms with Gasteiger partial charge in [-0.25, -0.2) is 4.98 Å². The van der Waals surface area contributed by atoms with Gasteiger partial charge in [0.15, 0.2) is 5.82 Å². The molecule has 0 saturated heterocycles. The molecule has 0 atom stereocenters. The van der Waals surface area contributed by atoms with Crippen LogP contribution in [0.3, 0.4) is 0 Å². The fourth-order valence-corrected chi connectivity index (χ4v) is 4.02. The van der Waals surface area contributed by atoms with Gasteiger partial charge >= 0.3 is 10.5 Å². The number of anilines is 4. The van der Waals surface area contributed by atoms with E-state index in [0.29, 0.717) is 16.9 Å². The van der Waals surface area contributed by atoms with Crippen LogP contribution in [0, 0.1) is 6.92 Å². The summed E-state index contributed by atoms with van der Waals surface area (Å²) in [5.41, 5.74) is 3.81. The van der Waals surface area contributed by atoms with E-state index in [-0.39, 0.29) is 28.3 Å². The number of aryl methyl sites for hydroxylation is 1. The fraction of sp³-hybridized carbons (Fsp3) is 0.238. The van der Waals surface area contributed by atoms with Crippen LogP contribution in [-0.4, -0.2) is 42.0 Å². The van der Waals surface area contributed by atoms with Crippen molar-refractivity contribution in [2.24, 2.45) is 0 Å². The summed E-state index contributed by atoms with van der Waals surface area (Å²) >= 11 is 6.24. The highest BCUT2D eigenvalue weighted by Gasteiger charge is 2.17. The van der Waals surface area contributed by atoms with Crippen molar-refractivity contribution in [2.75, 3.05) is 24.2 Å². The standard InChI is InChI=1S/C21H21ClFN5O4S/c1-12-7-15(32-33(23,30)31)3-4-17(12)25-20-16(22)10-24-21(27-20)26-18-8-14-11-28(2)6-5-13(14)9-19(18)29/h3-4,7-10,29H,5-6,11H2,1-2H3,(H2,24,25,26,27). The van der Waals surface area contributed by atoms with Crippen LogP contribution in [0.5, 0.6) is 11.5 Å². The Morgan fingerprint density at radius 1 is 1.18 bits per heavy atom. The molecule has 174 valence electrons. The van der Waals surface area contributed by atoms with Crippen LogP contribution in [0.15, 0.2) is 36.5 Å². The van der Waals surface area contributed by atoms with E-state index in [4.69, 9.17) is 11.6 Å². The zero-order chi connectivity index (χ0) is 23.8. The van der Waals surface area contributed by atoms with Gasteiger partial charge in [-0.1, -0.05) is 15.5 Å². The van der Waals surface area contributed by atoms with Gasteiger partial charge in [-0.2, -0.15) is 13.4 Å². The minimum Gasteiger partial charge on any atom is -0.506 e. The first-order chi connectivity index (χ1) is 15.6. The van der Waals surface area contributed by atoms with Gasteiger partial charge in [0.1, 0.15) is 16.5 Å². The number of benzene rings is 2. The molecule has 0 fully saturated rings. The first-order valence-electron chi connectivity index (χ1n) is 9.92. The third-order valence-electron chi connectivity index (χ3n) is 5.16. The second kappa shape index (κ2) is 9.00. The molecule has 33 heavy (non-hydrogen) atoms. The van der Waals surface area contributed by atoms with Crippen LogP contribution in [0.25, 0.3) is 0 Å². The second-order valence-electron chi connectivity index (χ2n) is 7.72. The van der Waals surface area contributed by atoms with Crippen molar-refractivity contribution < 1.29 is 21.6 Å². The third kappa shape index (κ3) is 5.62. The smallest absolute Gasteiger partial charge is 0.488 e. The Labute approximate surface area is 195 Å². The quantitative estimate of drug-likeness (QED) is 0.343. The van der Waals surface area contributed by atoms with E-state index in [9.17, 15) is 17.4 Å². The molecule has 2 heterocycles. The van der Waals surface area contributed by atoms with Crippen molar-refractivity contribution >= 4 is 45.2 Å². The lowest BCUT2D eigenvalue weighted by Gasteiger charge is -2.25. The van der Waals surface area contributed by atoms with Crippen LogP contribution in [0.1, 0.15) is 16.7 Å². The zero-order valence-electron chi connectivity index (χ0n) is 17.8. The average molecular weight is 494 g/mol. The van der Waals surface area contributed by atoms with Gasteiger partial charge in [0, 0.05) is 18.8 Å². The first kappa shape index (κ1) is 23.0. The number of rotatable bonds is 6. The average Bonchev–Trinajstić information content (AvgIpc) is 2.72. The van der Waals surface area contributed by atoms with Gasteiger partial charge in [-0.05, 0) is 67.4 Å². The monoisotopic (exact) mass is 493 g/mol. The molecule has 0 radical (unpaired) electrons. The van der Waals surface area contributed by atoms with Gasteiger partial charge in [0.2, 0.25) is 5.95 Å². The van der Waals surface area contributed by atoms with Crippen LogP contribution >= 0.6 is 11.6 Å². The van der Waals surface area contributed by atoms with Gasteiger partial charge in [0.25, 0.3) is 0 Å². The number of likely N-dealkylation sites (N-methyl/N-ethyl adjacent to an activating group) is 1. The summed E-state index contributed by atoms with van der Waals surface area (Å²) in [6.07, 6.45) is 2.27. The molecule has 0 amide bonds. The van der Waals surface area contributed by atoms with Gasteiger partial charge in [-0.3, -0.25) is 0 Å². The van der Waals surface area contributed by atoms with E-state index in [1.54, 1.807) is 13.0 Å². The number of hydrogen-bond acceptors (Lipinski definition) is 9. The van der Waals surface area contributed by atoms with Crippen LogP contribution < -0.4 is 14.8 Å². The lowest BCUT2D eigenvalue weighted by molar-refractivity contribution is 0.312. The predicted molar refractivity (Wildman–Crippen MR) is 124 cm³/mol. The molecule has 0 unspecified atom stereocenters. The number of aromatic hydroxyl groups is 1. The number of halogens is 2. The zero-order valence-corrected chi connectivity index (χ0v) is 19.3. The summed E-state index contributed by atoms with van der Waals surface area (Å²) in [5.74, 6) is 0.425. The van der Waals surface area contributed by atoms with Crippen LogP contribution in [0.4, 0.5) is 27.0 Å². The predicted octanol–water partition coefficient (Wildman–Crippen LogP) is 4.21. The number of nitrogens with one attached hydrogen (secondary N) is 2. The molecule has 12 heteroatoms. The van der Waals surface area contributed by atoms with Crippen molar-refractivity contribution in [1.29, 1.82) is 0 Å². The molecule has 3 N–H and O–H groups in total.